The molecule has 0 aromatic heterocycles. The van der Waals surface area contributed by atoms with Crippen molar-refractivity contribution in [1.82, 2.24) is 26.6 Å². The van der Waals surface area contributed by atoms with Gasteiger partial charge in [-0.05, 0) is 86.1 Å². The Hall–Kier alpha value is -4.86. The standard InChI is InChI=1S/C40H60N10O5/c1-24(2)29-14-10-13-28-22-39(44,18-16-30(28)29)37(55)48-32(21-27-11-6-5-7-12-27)35(53)49-33(25(3)17-20-45-38(42)43)36(54)50-40(26(4)51)23-46-31(34(41)52)15-8-9-19-47-40/h5-7,10-14,24-25,31-33,46-47H,8-9,15-23,44H2,1-4H3,(H2,41,52)(H,48,55)(H,49,53)(H,50,54)(H4,42,43,45)/t25?,31?,32-,33+,39?,40?/m1/s1. The van der Waals surface area contributed by atoms with Crippen molar-refractivity contribution in [3.05, 3.63) is 70.8 Å². The molecule has 2 aromatic rings. The summed E-state index contributed by atoms with van der Waals surface area (Å²) in [5, 5.41) is 14.9. The number of aliphatic imine (C=N–C) groups is 1. The highest BCUT2D eigenvalue weighted by molar-refractivity contribution is 5.97. The second-order valence-electron chi connectivity index (χ2n) is 15.5. The van der Waals surface area contributed by atoms with Crippen LogP contribution in [0, 0.1) is 5.92 Å². The molecule has 15 nitrogen and oxygen atoms in total. The minimum atomic E-state index is -1.62. The van der Waals surface area contributed by atoms with Crippen LogP contribution in [0.25, 0.3) is 0 Å². The van der Waals surface area contributed by atoms with Gasteiger partial charge in [0.2, 0.25) is 23.6 Å². The molecule has 4 amide bonds. The number of nitrogens with zero attached hydrogens (tertiary/aromatic N) is 1. The fourth-order valence-corrected chi connectivity index (χ4v) is 7.45. The average Bonchev–Trinajstić information content (AvgIpc) is 3.24. The number of guanidine groups is 1. The van der Waals surface area contributed by atoms with Crippen LogP contribution in [0.4, 0.5) is 0 Å². The number of primary amides is 1. The Bertz CT molecular complexity index is 1710. The molecule has 13 N–H and O–H groups in total. The first kappa shape index (κ1) is 42.9. The van der Waals surface area contributed by atoms with Gasteiger partial charge >= 0.3 is 0 Å². The Morgan fingerprint density at radius 3 is 2.33 bits per heavy atom. The Morgan fingerprint density at radius 1 is 0.945 bits per heavy atom. The molecule has 0 radical (unpaired) electrons. The molecule has 1 fully saturated rings. The molecule has 0 bridgehead atoms. The molecular formula is C40H60N10O5. The van der Waals surface area contributed by atoms with Gasteiger partial charge in [0.05, 0.1) is 11.6 Å². The van der Waals surface area contributed by atoms with Crippen LogP contribution in [0.1, 0.15) is 88.0 Å². The fourth-order valence-electron chi connectivity index (χ4n) is 7.45. The highest BCUT2D eigenvalue weighted by atomic mass is 16.2. The third-order valence-electron chi connectivity index (χ3n) is 10.9. The van der Waals surface area contributed by atoms with Crippen LogP contribution in [-0.2, 0) is 43.2 Å². The van der Waals surface area contributed by atoms with Gasteiger partial charge in [0.25, 0.3) is 0 Å². The molecule has 0 spiro atoms. The summed E-state index contributed by atoms with van der Waals surface area (Å²) in [7, 11) is 0. The first-order chi connectivity index (χ1) is 26.0. The van der Waals surface area contributed by atoms with Crippen LogP contribution in [0.5, 0.6) is 0 Å². The zero-order valence-electron chi connectivity index (χ0n) is 32.6. The highest BCUT2D eigenvalue weighted by Gasteiger charge is 2.43. The summed E-state index contributed by atoms with van der Waals surface area (Å²) in [6.45, 7) is 7.79. The molecule has 1 heterocycles. The third-order valence-corrected chi connectivity index (χ3v) is 10.9. The van der Waals surface area contributed by atoms with Gasteiger partial charge in [-0.2, -0.15) is 0 Å². The van der Waals surface area contributed by atoms with Crippen molar-refractivity contribution in [3.63, 3.8) is 0 Å². The Morgan fingerprint density at radius 2 is 1.67 bits per heavy atom. The van der Waals surface area contributed by atoms with E-state index in [-0.39, 0.29) is 31.9 Å². The normalized spacial score (nSPS) is 23.0. The van der Waals surface area contributed by atoms with Gasteiger partial charge in [0.1, 0.15) is 12.1 Å². The minimum Gasteiger partial charge on any atom is -0.370 e. The van der Waals surface area contributed by atoms with Gasteiger partial charge in [0.15, 0.2) is 17.4 Å². The number of hydrogen-bond acceptors (Lipinski definition) is 9. The second kappa shape index (κ2) is 19.1. The minimum absolute atomic E-state index is 0.121. The van der Waals surface area contributed by atoms with Gasteiger partial charge in [-0.25, -0.2) is 0 Å². The monoisotopic (exact) mass is 760 g/mol. The molecule has 4 rings (SSSR count). The lowest BCUT2D eigenvalue weighted by Crippen LogP contribution is -2.71. The van der Waals surface area contributed by atoms with Crippen LogP contribution < -0.4 is 49.5 Å². The van der Waals surface area contributed by atoms with Crippen molar-refractivity contribution < 1.29 is 24.0 Å². The van der Waals surface area contributed by atoms with E-state index in [0.717, 1.165) is 11.1 Å². The number of nitrogens with one attached hydrogen (secondary N) is 5. The molecule has 1 aliphatic heterocycles. The number of ketones is 1. The summed E-state index contributed by atoms with van der Waals surface area (Å²) in [5.74, 6) is -3.05. The molecule has 55 heavy (non-hydrogen) atoms. The van der Waals surface area contributed by atoms with Crippen molar-refractivity contribution in [2.45, 2.75) is 114 Å². The van der Waals surface area contributed by atoms with E-state index in [2.05, 4.69) is 51.5 Å². The zero-order chi connectivity index (χ0) is 40.3. The first-order valence-corrected chi connectivity index (χ1v) is 19.3. The largest absolute Gasteiger partial charge is 0.370 e. The number of amides is 4. The van der Waals surface area contributed by atoms with Crippen molar-refractivity contribution in [2.75, 3.05) is 19.6 Å². The quantitative estimate of drug-likeness (QED) is 0.0875. The molecule has 300 valence electrons. The molecule has 4 unspecified atom stereocenters. The van der Waals surface area contributed by atoms with Crippen molar-refractivity contribution in [3.8, 4) is 0 Å². The van der Waals surface area contributed by atoms with E-state index in [4.69, 9.17) is 22.9 Å². The van der Waals surface area contributed by atoms with Crippen LogP contribution in [0.15, 0.2) is 53.5 Å². The molecule has 1 aliphatic carbocycles. The summed E-state index contributed by atoms with van der Waals surface area (Å²) < 4.78 is 0. The third kappa shape index (κ3) is 11.3. The van der Waals surface area contributed by atoms with E-state index in [1.54, 1.807) is 6.92 Å². The van der Waals surface area contributed by atoms with E-state index in [1.165, 1.54) is 18.1 Å². The van der Waals surface area contributed by atoms with Crippen LogP contribution >= 0.6 is 0 Å². The first-order valence-electron chi connectivity index (χ1n) is 19.3. The van der Waals surface area contributed by atoms with Gasteiger partial charge in [-0.1, -0.05) is 75.7 Å². The number of benzene rings is 2. The fraction of sp³-hybridized carbons (Fsp3) is 0.550. The molecule has 2 aromatic carbocycles. The van der Waals surface area contributed by atoms with Crippen molar-refractivity contribution >= 4 is 35.4 Å². The number of carbonyl (C=O) groups is 5. The van der Waals surface area contributed by atoms with Crippen LogP contribution in [0.3, 0.4) is 0 Å². The maximum absolute atomic E-state index is 14.4. The Labute approximate surface area is 324 Å². The molecule has 15 heteroatoms. The molecule has 0 saturated carbocycles. The number of carbonyl (C=O) groups excluding carboxylic acids is 5. The predicted octanol–water partition coefficient (Wildman–Crippen LogP) is 0.127. The Balaban J connectivity index is 1.63. The molecule has 6 atom stereocenters. The number of rotatable bonds is 15. The molecule has 1 saturated heterocycles. The lowest BCUT2D eigenvalue weighted by atomic mass is 9.75. The number of fused-ring (bicyclic) bond motifs is 1. The highest BCUT2D eigenvalue weighted by Crippen LogP contribution is 2.33. The molecule has 2 aliphatic rings. The molecular weight excluding hydrogens is 701 g/mol. The summed E-state index contributed by atoms with van der Waals surface area (Å²) in [6.07, 6.45) is 3.51. The average molecular weight is 761 g/mol. The number of hydrogen-bond donors (Lipinski definition) is 9. The van der Waals surface area contributed by atoms with Crippen molar-refractivity contribution in [1.29, 1.82) is 0 Å². The topological polar surface area (TPSA) is 262 Å². The summed E-state index contributed by atoms with van der Waals surface area (Å²) in [6, 6.07) is 12.3. The summed E-state index contributed by atoms with van der Waals surface area (Å²) in [5.41, 5.74) is 25.0. The van der Waals surface area contributed by atoms with E-state index >= 15 is 0 Å². The maximum atomic E-state index is 14.4. The smallest absolute Gasteiger partial charge is 0.244 e. The van der Waals surface area contributed by atoms with E-state index in [0.29, 0.717) is 51.0 Å². The SMILES string of the molecule is CC(=O)C1(NC(=O)[C@@H](NC(=O)[C@@H](Cc2ccccc2)NC(=O)C2(N)CCc3c(cccc3C(C)C)C2)C(C)CCN=C(N)N)CNC(C(N)=O)CCCCN1. The van der Waals surface area contributed by atoms with E-state index < -0.39 is 64.7 Å². The lowest BCUT2D eigenvalue weighted by Gasteiger charge is -2.37. The number of Topliss-reactive ketones (excluding diaryl/α,β-unsaturated/α-hetero) is 1. The van der Waals surface area contributed by atoms with E-state index in [1.807, 2.05) is 42.5 Å². The van der Waals surface area contributed by atoms with Gasteiger partial charge < -0.3 is 44.2 Å². The second-order valence-corrected chi connectivity index (χ2v) is 15.5. The summed E-state index contributed by atoms with van der Waals surface area (Å²) >= 11 is 0. The number of nitrogens with two attached hydrogens (primary N) is 4. The predicted molar refractivity (Wildman–Crippen MR) is 212 cm³/mol. The van der Waals surface area contributed by atoms with Crippen LogP contribution in [-0.4, -0.2) is 84.3 Å². The lowest BCUT2D eigenvalue weighted by molar-refractivity contribution is -0.137. The zero-order valence-corrected chi connectivity index (χ0v) is 32.6. The Kier molecular flexibility index (Phi) is 14.9. The van der Waals surface area contributed by atoms with Gasteiger partial charge in [-0.3, -0.25) is 34.3 Å². The van der Waals surface area contributed by atoms with E-state index in [9.17, 15) is 24.0 Å². The van der Waals surface area contributed by atoms with Crippen LogP contribution in [0.2, 0.25) is 0 Å². The van der Waals surface area contributed by atoms with Gasteiger partial charge in [0, 0.05) is 19.5 Å². The van der Waals surface area contributed by atoms with Gasteiger partial charge in [-0.15, -0.1) is 0 Å². The van der Waals surface area contributed by atoms with Crippen molar-refractivity contribution in [2.24, 2.45) is 33.8 Å². The summed E-state index contributed by atoms with van der Waals surface area (Å²) in [4.78, 5) is 72.4. The maximum Gasteiger partial charge on any atom is 0.244 e.